The standard InChI is InChI=1S/C10H9ClF3N5OS2/c1-4-6(11)21-5(16-4)2-3-15-8(20)17-9-19-18-7(22-9)10(12,13)14/h2-3H2,1H3,(H2,15,17,19,20). The van der Waals surface area contributed by atoms with Crippen LogP contribution < -0.4 is 10.6 Å². The lowest BCUT2D eigenvalue weighted by Crippen LogP contribution is -2.30. The van der Waals surface area contributed by atoms with Crippen LogP contribution in [0.1, 0.15) is 15.7 Å². The van der Waals surface area contributed by atoms with Crippen molar-refractivity contribution in [3.63, 3.8) is 0 Å². The number of hydrogen-bond acceptors (Lipinski definition) is 6. The molecule has 0 saturated carbocycles. The summed E-state index contributed by atoms with van der Waals surface area (Å²) >= 11 is 7.44. The fourth-order valence-corrected chi connectivity index (χ4v) is 3.05. The number of alkyl halides is 3. The Morgan fingerprint density at radius 2 is 2.05 bits per heavy atom. The topological polar surface area (TPSA) is 79.8 Å². The van der Waals surface area contributed by atoms with Gasteiger partial charge in [-0.15, -0.1) is 21.5 Å². The maximum Gasteiger partial charge on any atom is 0.445 e. The molecule has 2 amide bonds. The molecule has 2 aromatic rings. The van der Waals surface area contributed by atoms with E-state index < -0.39 is 17.2 Å². The van der Waals surface area contributed by atoms with Gasteiger partial charge in [0.25, 0.3) is 0 Å². The van der Waals surface area contributed by atoms with E-state index in [2.05, 4.69) is 25.8 Å². The number of amides is 2. The summed E-state index contributed by atoms with van der Waals surface area (Å²) in [6.07, 6.45) is -4.11. The molecule has 0 atom stereocenters. The highest BCUT2D eigenvalue weighted by Gasteiger charge is 2.35. The van der Waals surface area contributed by atoms with E-state index >= 15 is 0 Å². The number of thiazole rings is 1. The molecular formula is C10H9ClF3N5OS2. The summed E-state index contributed by atoms with van der Waals surface area (Å²) in [5.74, 6) is 0. The van der Waals surface area contributed by atoms with E-state index in [1.165, 1.54) is 11.3 Å². The number of carbonyl (C=O) groups is 1. The van der Waals surface area contributed by atoms with Crippen LogP contribution in [0.3, 0.4) is 0 Å². The van der Waals surface area contributed by atoms with Crippen molar-refractivity contribution in [2.75, 3.05) is 11.9 Å². The molecule has 120 valence electrons. The molecule has 0 aliphatic carbocycles. The molecule has 2 aromatic heterocycles. The Labute approximate surface area is 135 Å². The molecule has 0 aromatic carbocycles. The third-order valence-electron chi connectivity index (χ3n) is 2.30. The second-order valence-corrected chi connectivity index (χ2v) is 6.67. The Hall–Kier alpha value is -1.46. The number of anilines is 1. The number of aryl methyl sites for hydroxylation is 1. The summed E-state index contributed by atoms with van der Waals surface area (Å²) in [6, 6.07) is -0.663. The van der Waals surface area contributed by atoms with E-state index in [9.17, 15) is 18.0 Å². The summed E-state index contributed by atoms with van der Waals surface area (Å²) < 4.78 is 37.6. The second kappa shape index (κ2) is 6.75. The average Bonchev–Trinajstić information content (AvgIpc) is 2.97. The van der Waals surface area contributed by atoms with Crippen LogP contribution in [0.25, 0.3) is 0 Å². The Morgan fingerprint density at radius 3 is 2.59 bits per heavy atom. The van der Waals surface area contributed by atoms with E-state index in [-0.39, 0.29) is 23.0 Å². The summed E-state index contributed by atoms with van der Waals surface area (Å²) in [4.78, 5) is 15.7. The van der Waals surface area contributed by atoms with Crippen molar-refractivity contribution in [1.29, 1.82) is 0 Å². The molecular weight excluding hydrogens is 363 g/mol. The third kappa shape index (κ3) is 4.52. The number of carbonyl (C=O) groups excluding carboxylic acids is 1. The minimum atomic E-state index is -4.57. The number of rotatable bonds is 4. The maximum atomic E-state index is 12.3. The molecule has 22 heavy (non-hydrogen) atoms. The first-order valence-electron chi connectivity index (χ1n) is 5.83. The zero-order valence-electron chi connectivity index (χ0n) is 11.0. The maximum absolute atomic E-state index is 12.3. The SMILES string of the molecule is Cc1nc(CCNC(=O)Nc2nnc(C(F)(F)F)s2)sc1Cl. The molecule has 2 heterocycles. The highest BCUT2D eigenvalue weighted by molar-refractivity contribution is 7.16. The van der Waals surface area contributed by atoms with Gasteiger partial charge in [0, 0.05) is 13.0 Å². The predicted molar refractivity (Wildman–Crippen MR) is 77.5 cm³/mol. The summed E-state index contributed by atoms with van der Waals surface area (Å²) in [6.45, 7) is 2.04. The molecule has 12 heteroatoms. The molecule has 0 aliphatic rings. The van der Waals surface area contributed by atoms with Crippen LogP contribution in [0, 0.1) is 6.92 Å². The van der Waals surface area contributed by atoms with E-state index in [0.717, 1.165) is 10.7 Å². The monoisotopic (exact) mass is 371 g/mol. The highest BCUT2D eigenvalue weighted by Crippen LogP contribution is 2.32. The lowest BCUT2D eigenvalue weighted by Gasteiger charge is -2.03. The summed E-state index contributed by atoms with van der Waals surface area (Å²) in [7, 11) is 0. The highest BCUT2D eigenvalue weighted by atomic mass is 35.5. The first-order valence-corrected chi connectivity index (χ1v) is 7.84. The third-order valence-corrected chi connectivity index (χ3v) is 4.69. The lowest BCUT2D eigenvalue weighted by molar-refractivity contribution is -0.138. The number of aromatic nitrogens is 3. The Bertz CT molecular complexity index is 652. The summed E-state index contributed by atoms with van der Waals surface area (Å²) in [5, 5.41) is 10.3. The molecule has 0 bridgehead atoms. The largest absolute Gasteiger partial charge is 0.445 e. The van der Waals surface area contributed by atoms with Crippen molar-refractivity contribution >= 4 is 45.4 Å². The zero-order chi connectivity index (χ0) is 16.3. The van der Waals surface area contributed by atoms with Gasteiger partial charge in [-0.1, -0.05) is 22.9 Å². The van der Waals surface area contributed by atoms with Crippen molar-refractivity contribution in [3.05, 3.63) is 20.0 Å². The van der Waals surface area contributed by atoms with Crippen molar-refractivity contribution < 1.29 is 18.0 Å². The fraction of sp³-hybridized carbons (Fsp3) is 0.400. The van der Waals surface area contributed by atoms with Gasteiger partial charge in [0.2, 0.25) is 10.1 Å². The van der Waals surface area contributed by atoms with Gasteiger partial charge in [-0.25, -0.2) is 9.78 Å². The number of nitrogens with one attached hydrogen (secondary N) is 2. The summed E-state index contributed by atoms with van der Waals surface area (Å²) in [5.41, 5.74) is 0.722. The molecule has 6 nitrogen and oxygen atoms in total. The smallest absolute Gasteiger partial charge is 0.337 e. The molecule has 2 N–H and O–H groups in total. The van der Waals surface area contributed by atoms with Gasteiger partial charge >= 0.3 is 12.2 Å². The van der Waals surface area contributed by atoms with E-state index in [1.807, 2.05) is 0 Å². The van der Waals surface area contributed by atoms with Crippen LogP contribution in [0.2, 0.25) is 4.34 Å². The second-order valence-electron chi connectivity index (χ2n) is 4.01. The van der Waals surface area contributed by atoms with Gasteiger partial charge in [0.1, 0.15) is 4.34 Å². The van der Waals surface area contributed by atoms with Crippen molar-refractivity contribution in [2.45, 2.75) is 19.5 Å². The number of hydrogen-bond donors (Lipinski definition) is 2. The minimum absolute atomic E-state index is 0.224. The molecule has 0 unspecified atom stereocenters. The minimum Gasteiger partial charge on any atom is -0.337 e. The van der Waals surface area contributed by atoms with Crippen LogP contribution in [-0.4, -0.2) is 27.8 Å². The van der Waals surface area contributed by atoms with Crippen LogP contribution in [0.5, 0.6) is 0 Å². The number of nitrogens with zero attached hydrogens (tertiary/aromatic N) is 3. The van der Waals surface area contributed by atoms with Gasteiger partial charge in [-0.3, -0.25) is 5.32 Å². The number of halogens is 4. The Morgan fingerprint density at radius 1 is 1.32 bits per heavy atom. The van der Waals surface area contributed by atoms with Crippen molar-refractivity contribution in [2.24, 2.45) is 0 Å². The van der Waals surface area contributed by atoms with E-state index in [4.69, 9.17) is 11.6 Å². The van der Waals surface area contributed by atoms with Gasteiger partial charge < -0.3 is 5.32 Å². The first kappa shape index (κ1) is 16.9. The van der Waals surface area contributed by atoms with Crippen LogP contribution in [0.4, 0.5) is 23.1 Å². The zero-order valence-corrected chi connectivity index (χ0v) is 13.4. The molecule has 0 fully saturated rings. The van der Waals surface area contributed by atoms with Gasteiger partial charge in [-0.05, 0) is 6.92 Å². The van der Waals surface area contributed by atoms with Gasteiger partial charge in [-0.2, -0.15) is 13.2 Å². The predicted octanol–water partition coefficient (Wildman–Crippen LogP) is 3.34. The van der Waals surface area contributed by atoms with Crippen LogP contribution >= 0.6 is 34.3 Å². The molecule has 0 aliphatic heterocycles. The lowest BCUT2D eigenvalue weighted by atomic mass is 10.4. The van der Waals surface area contributed by atoms with Crippen LogP contribution in [0.15, 0.2) is 0 Å². The molecule has 0 radical (unpaired) electrons. The molecule has 2 rings (SSSR count). The normalized spacial score (nSPS) is 11.5. The molecule has 0 saturated heterocycles. The Kier molecular flexibility index (Phi) is 5.19. The van der Waals surface area contributed by atoms with Gasteiger partial charge in [0.05, 0.1) is 10.7 Å². The quantitative estimate of drug-likeness (QED) is 0.863. The van der Waals surface area contributed by atoms with E-state index in [0.29, 0.717) is 10.8 Å². The van der Waals surface area contributed by atoms with Crippen LogP contribution in [-0.2, 0) is 12.6 Å². The molecule has 0 spiro atoms. The van der Waals surface area contributed by atoms with Crippen molar-refractivity contribution in [3.8, 4) is 0 Å². The fourth-order valence-electron chi connectivity index (χ4n) is 1.35. The van der Waals surface area contributed by atoms with E-state index in [1.54, 1.807) is 6.92 Å². The van der Waals surface area contributed by atoms with Crippen molar-refractivity contribution in [1.82, 2.24) is 20.5 Å². The first-order chi connectivity index (χ1) is 10.3. The van der Waals surface area contributed by atoms with Gasteiger partial charge in [0.15, 0.2) is 0 Å². The number of urea groups is 1. The average molecular weight is 372 g/mol. The Balaban J connectivity index is 1.79.